The van der Waals surface area contributed by atoms with Crippen molar-refractivity contribution >= 4 is 17.5 Å². The van der Waals surface area contributed by atoms with Gasteiger partial charge in [-0.3, -0.25) is 4.79 Å². The molecule has 168 valence electrons. The lowest BCUT2D eigenvalue weighted by Gasteiger charge is -2.32. The number of ether oxygens (including phenoxy) is 1. The highest BCUT2D eigenvalue weighted by molar-refractivity contribution is 6.31. The first-order chi connectivity index (χ1) is 14.8. The van der Waals surface area contributed by atoms with Crippen LogP contribution in [0.15, 0.2) is 6.07 Å². The van der Waals surface area contributed by atoms with Crippen molar-refractivity contribution < 1.29 is 22.7 Å². The zero-order chi connectivity index (χ0) is 22.3. The van der Waals surface area contributed by atoms with Crippen LogP contribution in [0.5, 0.6) is 5.75 Å². The van der Waals surface area contributed by atoms with Crippen molar-refractivity contribution in [3.63, 3.8) is 0 Å². The summed E-state index contributed by atoms with van der Waals surface area (Å²) in [5.41, 5.74) is 0.805. The average molecular weight is 458 g/mol. The number of carbonyl (C=O) groups is 1. The summed E-state index contributed by atoms with van der Waals surface area (Å²) in [6.07, 6.45) is -1.75. The molecule has 0 bridgehead atoms. The summed E-state index contributed by atoms with van der Waals surface area (Å²) < 4.78 is 48.2. The third-order valence-electron chi connectivity index (χ3n) is 5.76. The van der Waals surface area contributed by atoms with Crippen molar-refractivity contribution in [1.82, 2.24) is 25.2 Å². The summed E-state index contributed by atoms with van der Waals surface area (Å²) in [7, 11) is 1.36. The van der Waals surface area contributed by atoms with Gasteiger partial charge in [0.25, 0.3) is 6.43 Å². The molecule has 0 radical (unpaired) electrons. The number of hydrogen-bond donors (Lipinski definition) is 1. The Labute approximate surface area is 182 Å². The first-order valence-electron chi connectivity index (χ1n) is 10.1. The molecule has 0 unspecified atom stereocenters. The third kappa shape index (κ3) is 4.23. The maximum Gasteiger partial charge on any atom is 0.282 e. The number of nitrogens with zero attached hydrogens (tertiary/aromatic N) is 4. The standard InChI is InChI=1S/C20H23ClF3N5O2/c1-10-5-16(30)29(7-10)8-14-17-11(3-4-25-14)12(21)6-13(22)19(17)31-9-15-18(20(23)24)28(2)27-26-15/h6,10,14,20,25H,3-5,7-9H2,1-2H3/t10-,14-/m1/s1. The number of benzene rings is 1. The molecule has 1 fully saturated rings. The number of aryl methyl sites for hydroxylation is 1. The molecule has 0 spiro atoms. The van der Waals surface area contributed by atoms with E-state index in [4.69, 9.17) is 16.3 Å². The number of carbonyl (C=O) groups excluding carboxylic acids is 1. The van der Waals surface area contributed by atoms with Gasteiger partial charge in [0.2, 0.25) is 5.91 Å². The predicted molar refractivity (Wildman–Crippen MR) is 107 cm³/mol. The number of hydrogen-bond acceptors (Lipinski definition) is 5. The molecular weight excluding hydrogens is 435 g/mol. The lowest BCUT2D eigenvalue weighted by molar-refractivity contribution is -0.128. The van der Waals surface area contributed by atoms with E-state index in [1.165, 1.54) is 13.1 Å². The number of likely N-dealkylation sites (tertiary alicyclic amines) is 1. The average Bonchev–Trinajstić information content (AvgIpc) is 3.23. The van der Waals surface area contributed by atoms with Gasteiger partial charge in [0.15, 0.2) is 11.6 Å². The monoisotopic (exact) mass is 457 g/mol. The fourth-order valence-corrected chi connectivity index (χ4v) is 4.63. The molecule has 2 atom stereocenters. The van der Waals surface area contributed by atoms with Crippen LogP contribution in [0.4, 0.5) is 13.2 Å². The molecule has 1 saturated heterocycles. The van der Waals surface area contributed by atoms with Crippen molar-refractivity contribution in [2.75, 3.05) is 19.6 Å². The Kier molecular flexibility index (Phi) is 6.11. The highest BCUT2D eigenvalue weighted by Crippen LogP contribution is 2.40. The van der Waals surface area contributed by atoms with Crippen LogP contribution in [0.3, 0.4) is 0 Å². The van der Waals surface area contributed by atoms with Gasteiger partial charge < -0.3 is 15.0 Å². The second kappa shape index (κ2) is 8.66. The van der Waals surface area contributed by atoms with Crippen LogP contribution in [0, 0.1) is 11.7 Å². The number of amides is 1. The summed E-state index contributed by atoms with van der Waals surface area (Å²) in [5.74, 6) is -0.456. The second-order valence-electron chi connectivity index (χ2n) is 8.06. The van der Waals surface area contributed by atoms with E-state index < -0.39 is 18.3 Å². The molecule has 11 heteroatoms. The Morgan fingerprint density at radius 3 is 2.87 bits per heavy atom. The number of aromatic nitrogens is 3. The molecule has 7 nitrogen and oxygen atoms in total. The van der Waals surface area contributed by atoms with E-state index in [9.17, 15) is 18.0 Å². The van der Waals surface area contributed by atoms with Crippen LogP contribution in [0.1, 0.15) is 48.3 Å². The molecule has 0 saturated carbocycles. The molecule has 2 aliphatic heterocycles. The van der Waals surface area contributed by atoms with Crippen LogP contribution in [0.2, 0.25) is 5.02 Å². The van der Waals surface area contributed by atoms with Crippen LogP contribution >= 0.6 is 11.6 Å². The Balaban J connectivity index is 1.65. The molecular formula is C20H23ClF3N5O2. The van der Waals surface area contributed by atoms with Crippen LogP contribution in [-0.2, 0) is 24.9 Å². The number of rotatable bonds is 6. The fraction of sp³-hybridized carbons (Fsp3) is 0.550. The number of halogens is 4. The van der Waals surface area contributed by atoms with Gasteiger partial charge in [0.05, 0.1) is 6.04 Å². The van der Waals surface area contributed by atoms with Crippen LogP contribution < -0.4 is 10.1 Å². The third-order valence-corrected chi connectivity index (χ3v) is 6.09. The Hall–Kier alpha value is -2.33. The van der Waals surface area contributed by atoms with Gasteiger partial charge in [-0.05, 0) is 30.5 Å². The first-order valence-corrected chi connectivity index (χ1v) is 10.4. The number of fused-ring (bicyclic) bond motifs is 1. The van der Waals surface area contributed by atoms with E-state index in [1.807, 2.05) is 6.92 Å². The molecule has 2 aromatic rings. The number of nitrogens with one attached hydrogen (secondary N) is 1. The molecule has 1 aromatic carbocycles. The second-order valence-corrected chi connectivity index (χ2v) is 8.47. The molecule has 4 rings (SSSR count). The molecule has 1 N–H and O–H groups in total. The maximum absolute atomic E-state index is 14.9. The Morgan fingerprint density at radius 2 is 2.19 bits per heavy atom. The summed E-state index contributed by atoms with van der Waals surface area (Å²) in [6.45, 7) is 3.22. The highest BCUT2D eigenvalue weighted by Gasteiger charge is 2.34. The summed E-state index contributed by atoms with van der Waals surface area (Å²) >= 11 is 6.31. The minimum absolute atomic E-state index is 0.0486. The van der Waals surface area contributed by atoms with Crippen molar-refractivity contribution in [3.05, 3.63) is 39.4 Å². The van der Waals surface area contributed by atoms with E-state index in [-0.39, 0.29) is 40.6 Å². The molecule has 0 aliphatic carbocycles. The SMILES string of the molecule is C[C@@H]1CC(=O)N(C[C@H]2NCCc3c(Cl)cc(F)c(OCc4nnn(C)c4C(F)F)c32)C1. The van der Waals surface area contributed by atoms with Gasteiger partial charge in [-0.2, -0.15) is 0 Å². The molecule has 2 aliphatic rings. The summed E-state index contributed by atoms with van der Waals surface area (Å²) in [4.78, 5) is 14.0. The van der Waals surface area contributed by atoms with E-state index in [1.54, 1.807) is 4.90 Å². The Bertz CT molecular complexity index is 1000. The predicted octanol–water partition coefficient (Wildman–Crippen LogP) is 3.18. The maximum atomic E-state index is 14.9. The first kappa shape index (κ1) is 21.9. The molecule has 1 amide bonds. The highest BCUT2D eigenvalue weighted by atomic mass is 35.5. The topological polar surface area (TPSA) is 72.3 Å². The van der Waals surface area contributed by atoms with Gasteiger partial charge in [-0.15, -0.1) is 5.10 Å². The largest absolute Gasteiger partial charge is 0.484 e. The van der Waals surface area contributed by atoms with E-state index in [0.717, 1.165) is 10.2 Å². The zero-order valence-electron chi connectivity index (χ0n) is 17.2. The van der Waals surface area contributed by atoms with Crippen LogP contribution in [-0.4, -0.2) is 45.4 Å². The quantitative estimate of drug-likeness (QED) is 0.721. The van der Waals surface area contributed by atoms with Gasteiger partial charge in [0, 0.05) is 37.1 Å². The number of alkyl halides is 2. The van der Waals surface area contributed by atoms with Gasteiger partial charge in [-0.1, -0.05) is 23.7 Å². The smallest absolute Gasteiger partial charge is 0.282 e. The molecule has 3 heterocycles. The minimum Gasteiger partial charge on any atom is -0.484 e. The lowest BCUT2D eigenvalue weighted by Crippen LogP contribution is -2.40. The van der Waals surface area contributed by atoms with Crippen molar-refractivity contribution in [2.45, 2.75) is 38.8 Å². The summed E-state index contributed by atoms with van der Waals surface area (Å²) in [6, 6.07) is 0.781. The van der Waals surface area contributed by atoms with Crippen molar-refractivity contribution in [1.29, 1.82) is 0 Å². The Morgan fingerprint density at radius 1 is 1.42 bits per heavy atom. The summed E-state index contributed by atoms with van der Waals surface area (Å²) in [5, 5.41) is 10.9. The normalized spacial score (nSPS) is 21.1. The van der Waals surface area contributed by atoms with E-state index >= 15 is 0 Å². The van der Waals surface area contributed by atoms with E-state index in [2.05, 4.69) is 15.6 Å². The van der Waals surface area contributed by atoms with Crippen molar-refractivity contribution in [3.8, 4) is 5.75 Å². The van der Waals surface area contributed by atoms with Crippen LogP contribution in [0.25, 0.3) is 0 Å². The molecule has 31 heavy (non-hydrogen) atoms. The minimum atomic E-state index is -2.79. The van der Waals surface area contributed by atoms with E-state index in [0.29, 0.717) is 38.0 Å². The lowest BCUT2D eigenvalue weighted by atomic mass is 9.92. The molecule has 1 aromatic heterocycles. The fourth-order valence-electron chi connectivity index (χ4n) is 4.34. The van der Waals surface area contributed by atoms with Gasteiger partial charge in [-0.25, -0.2) is 17.9 Å². The van der Waals surface area contributed by atoms with Gasteiger partial charge in [0.1, 0.15) is 18.0 Å². The zero-order valence-corrected chi connectivity index (χ0v) is 17.9. The van der Waals surface area contributed by atoms with Gasteiger partial charge >= 0.3 is 0 Å². The van der Waals surface area contributed by atoms with Crippen molar-refractivity contribution in [2.24, 2.45) is 13.0 Å².